The zero-order chi connectivity index (χ0) is 7.98. The highest BCUT2D eigenvalue weighted by Gasteiger charge is 2.00. The molecule has 1 amide bonds. The molecule has 0 aromatic carbocycles. The van der Waals surface area contributed by atoms with E-state index in [0.717, 1.165) is 0 Å². The number of terminal acetylenes is 1. The maximum absolute atomic E-state index is 10.8. The Morgan fingerprint density at radius 3 is 2.80 bits per heavy atom. The summed E-state index contributed by atoms with van der Waals surface area (Å²) in [6, 6.07) is 0. The number of carbonyl (C=O) groups excluding carboxylic acids is 1. The van der Waals surface area contributed by atoms with Crippen molar-refractivity contribution in [2.75, 3.05) is 13.6 Å². The molecule has 0 aliphatic carbocycles. The Bertz CT molecular complexity index is 218. The van der Waals surface area contributed by atoms with E-state index in [1.54, 1.807) is 7.05 Å². The largest absolute Gasteiger partial charge is 0.324 e. The molecule has 2 nitrogen and oxygen atoms in total. The Morgan fingerprint density at radius 1 is 1.80 bits per heavy atom. The Labute approximate surface area is 68.7 Å². The van der Waals surface area contributed by atoms with Gasteiger partial charge in [0.25, 0.3) is 5.91 Å². The fourth-order valence-electron chi connectivity index (χ4n) is 0.345. The van der Waals surface area contributed by atoms with Crippen LogP contribution >= 0.6 is 15.9 Å². The highest BCUT2D eigenvalue weighted by atomic mass is 79.9. The van der Waals surface area contributed by atoms with Crippen LogP contribution in [0.3, 0.4) is 0 Å². The second-order valence-corrected chi connectivity index (χ2v) is 1.98. The molecule has 0 spiro atoms. The van der Waals surface area contributed by atoms with Crippen molar-refractivity contribution in [3.63, 3.8) is 0 Å². The molecular formula is C7H6BrNO. The van der Waals surface area contributed by atoms with E-state index in [4.69, 9.17) is 6.42 Å². The van der Waals surface area contributed by atoms with E-state index in [-0.39, 0.29) is 5.91 Å². The van der Waals surface area contributed by atoms with Crippen molar-refractivity contribution in [2.45, 2.75) is 0 Å². The molecule has 0 unspecified atom stereocenters. The molecule has 0 aliphatic heterocycles. The predicted molar refractivity (Wildman–Crippen MR) is 43.2 cm³/mol. The molecule has 0 heterocycles. The normalized spacial score (nSPS) is 6.90. The van der Waals surface area contributed by atoms with E-state index in [2.05, 4.69) is 32.6 Å². The van der Waals surface area contributed by atoms with Gasteiger partial charge >= 0.3 is 0 Å². The third kappa shape index (κ3) is 3.17. The van der Waals surface area contributed by atoms with Gasteiger partial charge in [0, 0.05) is 28.9 Å². The number of halogens is 1. The molecule has 0 N–H and O–H groups in total. The van der Waals surface area contributed by atoms with E-state index in [1.807, 2.05) is 0 Å². The molecule has 0 radical (unpaired) electrons. The molecule has 0 bridgehead atoms. The summed E-state index contributed by atoms with van der Waals surface area (Å²) in [5, 5.41) is 0. The van der Waals surface area contributed by atoms with E-state index < -0.39 is 0 Å². The van der Waals surface area contributed by atoms with E-state index in [1.165, 1.54) is 4.90 Å². The highest BCUT2D eigenvalue weighted by molar-refractivity contribution is 9.12. The third-order valence-corrected chi connectivity index (χ3v) is 1.03. The lowest BCUT2D eigenvalue weighted by Crippen LogP contribution is -2.25. The first-order chi connectivity index (χ1) is 4.72. The number of hydrogen-bond acceptors (Lipinski definition) is 1. The molecule has 52 valence electrons. The SMILES string of the molecule is C#CCN(C)C(=O)C#CBr. The van der Waals surface area contributed by atoms with Gasteiger partial charge in [-0.15, -0.1) is 6.42 Å². The number of nitrogens with zero attached hydrogens (tertiary/aromatic N) is 1. The van der Waals surface area contributed by atoms with Crippen molar-refractivity contribution in [1.29, 1.82) is 0 Å². The zero-order valence-corrected chi connectivity index (χ0v) is 7.10. The van der Waals surface area contributed by atoms with Gasteiger partial charge in [-0.2, -0.15) is 0 Å². The molecule has 0 saturated heterocycles. The Hall–Kier alpha value is -0.930. The van der Waals surface area contributed by atoms with Gasteiger partial charge in [-0.25, -0.2) is 0 Å². The number of carbonyl (C=O) groups is 1. The maximum atomic E-state index is 10.8. The van der Waals surface area contributed by atoms with Gasteiger partial charge in [-0.05, 0) is 4.83 Å². The van der Waals surface area contributed by atoms with Crippen LogP contribution in [0.2, 0.25) is 0 Å². The van der Waals surface area contributed by atoms with Gasteiger partial charge in [0.15, 0.2) is 0 Å². The molecular weight excluding hydrogens is 194 g/mol. The zero-order valence-electron chi connectivity index (χ0n) is 5.52. The predicted octanol–water partition coefficient (Wildman–Crippen LogP) is 0.434. The molecule has 0 aromatic heterocycles. The topological polar surface area (TPSA) is 20.3 Å². The molecule has 10 heavy (non-hydrogen) atoms. The minimum atomic E-state index is -0.283. The van der Waals surface area contributed by atoms with Gasteiger partial charge < -0.3 is 4.90 Å². The van der Waals surface area contributed by atoms with Crippen LogP contribution in [0.5, 0.6) is 0 Å². The van der Waals surface area contributed by atoms with Crippen molar-refractivity contribution in [2.24, 2.45) is 0 Å². The Morgan fingerprint density at radius 2 is 2.40 bits per heavy atom. The number of amides is 1. The van der Waals surface area contributed by atoms with Crippen molar-refractivity contribution in [3.05, 3.63) is 0 Å². The molecule has 0 fully saturated rings. The average Bonchev–Trinajstić information content (AvgIpc) is 1.89. The summed E-state index contributed by atoms with van der Waals surface area (Å²) in [6.45, 7) is 0.292. The first-order valence-electron chi connectivity index (χ1n) is 2.52. The lowest BCUT2D eigenvalue weighted by molar-refractivity contribution is -0.123. The molecule has 0 aliphatic rings. The van der Waals surface area contributed by atoms with E-state index in [0.29, 0.717) is 6.54 Å². The summed E-state index contributed by atoms with van der Waals surface area (Å²) in [6.07, 6.45) is 4.96. The summed E-state index contributed by atoms with van der Waals surface area (Å²) in [7, 11) is 1.60. The van der Waals surface area contributed by atoms with E-state index >= 15 is 0 Å². The summed E-state index contributed by atoms with van der Waals surface area (Å²) in [5.74, 6) is 4.33. The molecule has 3 heteroatoms. The third-order valence-electron chi connectivity index (χ3n) is 0.829. The maximum Gasteiger partial charge on any atom is 0.299 e. The van der Waals surface area contributed by atoms with Crippen molar-refractivity contribution in [1.82, 2.24) is 4.90 Å². The Kier molecular flexibility index (Phi) is 4.45. The lowest BCUT2D eigenvalue weighted by atomic mass is 10.5. The fourth-order valence-corrected chi connectivity index (χ4v) is 0.514. The lowest BCUT2D eigenvalue weighted by Gasteiger charge is -2.07. The fraction of sp³-hybridized carbons (Fsp3) is 0.286. The highest BCUT2D eigenvalue weighted by Crippen LogP contribution is 1.81. The van der Waals surface area contributed by atoms with Gasteiger partial charge in [-0.3, -0.25) is 4.79 Å². The van der Waals surface area contributed by atoms with Crippen LogP contribution in [0.15, 0.2) is 0 Å². The van der Waals surface area contributed by atoms with Gasteiger partial charge in [0.2, 0.25) is 0 Å². The van der Waals surface area contributed by atoms with Crippen LogP contribution in [-0.4, -0.2) is 24.4 Å². The first kappa shape index (κ1) is 9.07. The van der Waals surface area contributed by atoms with Crippen molar-refractivity contribution >= 4 is 21.8 Å². The molecule has 0 atom stereocenters. The summed E-state index contributed by atoms with van der Waals surface area (Å²) in [4.78, 5) is 14.4. The average molecular weight is 200 g/mol. The number of rotatable bonds is 1. The Balaban J connectivity index is 3.93. The van der Waals surface area contributed by atoms with Crippen LogP contribution in [0.1, 0.15) is 0 Å². The second kappa shape index (κ2) is 4.90. The summed E-state index contributed by atoms with van der Waals surface area (Å²) >= 11 is 2.81. The number of hydrogen-bond donors (Lipinski definition) is 0. The van der Waals surface area contributed by atoms with Crippen LogP contribution in [0.25, 0.3) is 0 Å². The van der Waals surface area contributed by atoms with Crippen LogP contribution < -0.4 is 0 Å². The van der Waals surface area contributed by atoms with Crippen LogP contribution in [0.4, 0.5) is 0 Å². The van der Waals surface area contributed by atoms with Gasteiger partial charge in [-0.1, -0.05) is 5.92 Å². The minimum Gasteiger partial charge on any atom is -0.324 e. The molecule has 0 rings (SSSR count). The summed E-state index contributed by atoms with van der Waals surface area (Å²) < 4.78 is 0. The van der Waals surface area contributed by atoms with Crippen LogP contribution in [0, 0.1) is 23.1 Å². The van der Waals surface area contributed by atoms with E-state index in [9.17, 15) is 4.79 Å². The molecule has 0 aromatic rings. The van der Waals surface area contributed by atoms with Crippen molar-refractivity contribution in [3.8, 4) is 23.1 Å². The smallest absolute Gasteiger partial charge is 0.299 e. The van der Waals surface area contributed by atoms with Gasteiger partial charge in [0.1, 0.15) is 0 Å². The monoisotopic (exact) mass is 199 g/mol. The first-order valence-corrected chi connectivity index (χ1v) is 3.32. The van der Waals surface area contributed by atoms with Gasteiger partial charge in [0.05, 0.1) is 6.54 Å². The van der Waals surface area contributed by atoms with Crippen molar-refractivity contribution < 1.29 is 4.79 Å². The molecule has 0 saturated carbocycles. The summed E-state index contributed by atoms with van der Waals surface area (Å²) in [5.41, 5.74) is 0. The quantitative estimate of drug-likeness (QED) is 0.562. The standard InChI is InChI=1S/C7H6BrNO/c1-3-6-9(2)7(10)4-5-8/h1H,6H2,2H3. The minimum absolute atomic E-state index is 0.283. The second-order valence-electron chi connectivity index (χ2n) is 1.58. The van der Waals surface area contributed by atoms with Crippen LogP contribution in [-0.2, 0) is 4.79 Å².